The maximum atomic E-state index is 13.7. The lowest BCUT2D eigenvalue weighted by atomic mass is 9.88. The highest BCUT2D eigenvalue weighted by molar-refractivity contribution is 6.33. The van der Waals surface area contributed by atoms with E-state index in [0.29, 0.717) is 29.2 Å². The molecule has 0 bridgehead atoms. The van der Waals surface area contributed by atoms with Gasteiger partial charge in [0.1, 0.15) is 23.3 Å². The van der Waals surface area contributed by atoms with Crippen molar-refractivity contribution in [1.82, 2.24) is 0 Å². The van der Waals surface area contributed by atoms with Gasteiger partial charge in [-0.3, -0.25) is 19.2 Å². The Morgan fingerprint density at radius 2 is 0.843 bits per heavy atom. The number of amides is 4. The number of anilines is 2. The van der Waals surface area contributed by atoms with Gasteiger partial charge in [0.05, 0.1) is 11.4 Å². The van der Waals surface area contributed by atoms with Crippen LogP contribution in [0.2, 0.25) is 0 Å². The Hall–Kier alpha value is -5.90. The van der Waals surface area contributed by atoms with E-state index >= 15 is 0 Å². The topological polar surface area (TPSA) is 118 Å². The van der Waals surface area contributed by atoms with Gasteiger partial charge in [0.2, 0.25) is 24.0 Å². The highest BCUT2D eigenvalue weighted by Crippen LogP contribution is 2.39. The van der Waals surface area contributed by atoms with E-state index in [1.807, 2.05) is 90.1 Å². The Kier molecular flexibility index (Phi) is 7.52. The minimum Gasteiger partial charge on any atom is -0.381 e. The maximum absolute atomic E-state index is 13.7. The molecule has 4 aliphatic rings. The minimum absolute atomic E-state index is 0.355. The van der Waals surface area contributed by atoms with E-state index in [-0.39, 0.29) is 11.8 Å². The molecule has 0 saturated carbocycles. The first kappa shape index (κ1) is 32.3. The predicted molar refractivity (Wildman–Crippen MR) is 192 cm³/mol. The van der Waals surface area contributed by atoms with Gasteiger partial charge in [-0.15, -0.1) is 0 Å². The summed E-state index contributed by atoms with van der Waals surface area (Å²) in [5.74, 6) is -3.17. The molecule has 4 aromatic carbocycles. The number of benzene rings is 4. The van der Waals surface area contributed by atoms with Crippen molar-refractivity contribution in [3.05, 3.63) is 128 Å². The summed E-state index contributed by atoms with van der Waals surface area (Å²) in [6.07, 6.45) is -1.42. The summed E-state index contributed by atoms with van der Waals surface area (Å²) < 4.78 is 0. The normalized spacial score (nSPS) is 22.2. The van der Waals surface area contributed by atoms with Crippen molar-refractivity contribution in [3.8, 4) is 0 Å². The number of fused-ring (bicyclic) bond motifs is 2. The smallest absolute Gasteiger partial charge is 0.278 e. The van der Waals surface area contributed by atoms with E-state index < -0.39 is 35.9 Å². The third-order valence-corrected chi connectivity index (χ3v) is 10.3. The molecule has 4 amide bonds. The molecule has 4 atom stereocenters. The lowest BCUT2D eigenvalue weighted by Crippen LogP contribution is -2.33. The van der Waals surface area contributed by atoms with Gasteiger partial charge in [0.15, 0.2) is 0 Å². The third kappa shape index (κ3) is 5.08. The van der Waals surface area contributed by atoms with Crippen molar-refractivity contribution in [2.24, 2.45) is 22.1 Å². The first-order valence-electron chi connectivity index (χ1n) is 17.0. The number of rotatable bonds is 6. The van der Waals surface area contributed by atoms with Crippen LogP contribution in [0, 0.1) is 53.4 Å². The molecule has 8 rings (SSSR count). The monoisotopic (exact) mass is 680 g/mol. The first-order valence-corrected chi connectivity index (χ1v) is 17.0. The molecule has 0 N–H and O–H groups in total. The Labute approximate surface area is 295 Å². The average Bonchev–Trinajstić information content (AvgIpc) is 3.81. The number of carbonyl (C=O) groups is 4. The quantitative estimate of drug-likeness (QED) is 0.241. The average molecular weight is 681 g/mol. The van der Waals surface area contributed by atoms with Crippen molar-refractivity contribution in [1.29, 1.82) is 0 Å². The van der Waals surface area contributed by atoms with Crippen LogP contribution >= 0.6 is 0 Å². The molecule has 4 unspecified atom stereocenters. The zero-order valence-electron chi connectivity index (χ0n) is 29.2. The molecule has 4 aliphatic heterocycles. The Morgan fingerprint density at radius 1 is 0.510 bits per heavy atom. The largest absolute Gasteiger partial charge is 0.381 e. The van der Waals surface area contributed by atoms with Crippen molar-refractivity contribution in [3.63, 3.8) is 0 Å². The number of imide groups is 2. The second-order valence-electron chi connectivity index (χ2n) is 14.0. The summed E-state index contributed by atoms with van der Waals surface area (Å²) in [5.41, 5.74) is 11.7. The van der Waals surface area contributed by atoms with Gasteiger partial charge in [-0.05, 0) is 106 Å². The molecule has 10 heteroatoms. The Balaban J connectivity index is 0.962. The number of carbonyl (C=O) groups excluding carboxylic acids is 4. The van der Waals surface area contributed by atoms with Gasteiger partial charge in [-0.1, -0.05) is 70.0 Å². The van der Waals surface area contributed by atoms with Crippen molar-refractivity contribution in [2.45, 2.75) is 60.2 Å². The fourth-order valence-electron chi connectivity index (χ4n) is 8.21. The fourth-order valence-corrected chi connectivity index (χ4v) is 8.21. The SMILES string of the molecule is Cc1cc(C)c(C2=NOC3C(=O)N(c4ccc(Cc5ccc(N6C(=O)C7ON=C(c8c(C)cc(C)cc8C)C7C6=O)cc5)cc4)C(=O)C23)c(C)c1. The molecule has 2 saturated heterocycles. The second-order valence-corrected chi connectivity index (χ2v) is 14.0. The van der Waals surface area contributed by atoms with E-state index in [9.17, 15) is 19.2 Å². The van der Waals surface area contributed by atoms with Gasteiger partial charge in [0, 0.05) is 11.1 Å². The van der Waals surface area contributed by atoms with Crippen molar-refractivity contribution >= 4 is 46.4 Å². The summed E-state index contributed by atoms with van der Waals surface area (Å²) in [7, 11) is 0. The number of nitrogens with zero attached hydrogens (tertiary/aromatic N) is 4. The lowest BCUT2D eigenvalue weighted by Gasteiger charge is -2.18. The number of hydrogen-bond donors (Lipinski definition) is 0. The van der Waals surface area contributed by atoms with Gasteiger partial charge in [-0.25, -0.2) is 9.80 Å². The molecule has 4 heterocycles. The van der Waals surface area contributed by atoms with Gasteiger partial charge in [0.25, 0.3) is 11.8 Å². The van der Waals surface area contributed by atoms with Crippen LogP contribution in [0.25, 0.3) is 0 Å². The van der Waals surface area contributed by atoms with Crippen LogP contribution in [0.3, 0.4) is 0 Å². The highest BCUT2D eigenvalue weighted by Gasteiger charge is 2.57. The van der Waals surface area contributed by atoms with E-state index in [1.54, 1.807) is 24.3 Å². The van der Waals surface area contributed by atoms with Crippen LogP contribution < -0.4 is 9.80 Å². The maximum Gasteiger partial charge on any atom is 0.278 e. The van der Waals surface area contributed by atoms with Crippen LogP contribution in [0.15, 0.2) is 83.1 Å². The van der Waals surface area contributed by atoms with Crippen molar-refractivity contribution < 1.29 is 28.9 Å². The molecular formula is C41H36N4O6. The molecule has 0 aromatic heterocycles. The van der Waals surface area contributed by atoms with Crippen LogP contribution in [0.1, 0.15) is 55.6 Å². The molecular weight excluding hydrogens is 644 g/mol. The molecule has 0 radical (unpaired) electrons. The highest BCUT2D eigenvalue weighted by atomic mass is 16.7. The van der Waals surface area contributed by atoms with Crippen LogP contribution in [-0.2, 0) is 35.3 Å². The van der Waals surface area contributed by atoms with E-state index in [4.69, 9.17) is 9.68 Å². The van der Waals surface area contributed by atoms with Gasteiger partial charge in [-0.2, -0.15) is 0 Å². The zero-order chi connectivity index (χ0) is 35.9. The number of hydrogen-bond acceptors (Lipinski definition) is 8. The summed E-state index contributed by atoms with van der Waals surface area (Å²) >= 11 is 0. The molecule has 0 spiro atoms. The fraction of sp³-hybridized carbons (Fsp3) is 0.268. The Morgan fingerprint density at radius 3 is 1.18 bits per heavy atom. The molecule has 51 heavy (non-hydrogen) atoms. The Bertz CT molecular complexity index is 2050. The summed E-state index contributed by atoms with van der Waals surface area (Å²) in [4.78, 5) is 67.7. The van der Waals surface area contributed by atoms with E-state index in [1.165, 1.54) is 9.80 Å². The molecule has 0 aliphatic carbocycles. The van der Waals surface area contributed by atoms with Crippen molar-refractivity contribution in [2.75, 3.05) is 9.80 Å². The summed E-state index contributed by atoms with van der Waals surface area (Å²) in [6, 6.07) is 22.7. The van der Waals surface area contributed by atoms with Crippen LogP contribution in [0.4, 0.5) is 11.4 Å². The first-order chi connectivity index (χ1) is 24.4. The number of aryl methyl sites for hydroxylation is 6. The summed E-state index contributed by atoms with van der Waals surface area (Å²) in [6.45, 7) is 11.9. The van der Waals surface area contributed by atoms with Crippen LogP contribution in [-0.4, -0.2) is 47.3 Å². The second kappa shape index (κ2) is 11.9. The standard InChI is InChI=1S/C41H36N4O6/c1-20-15-22(3)30(23(4)16-20)34-32-36(50-42-34)40(48)44(38(32)46)28-11-7-26(8-12-28)19-27-9-13-29(14-10-27)45-39(47)33-35(43-51-37(33)41(45)49)31-24(5)17-21(2)18-25(31)6/h7-18,32-33,36-37H,19H2,1-6H3. The minimum atomic E-state index is -0.985. The van der Waals surface area contributed by atoms with E-state index in [2.05, 4.69) is 10.3 Å². The molecule has 2 fully saturated rings. The van der Waals surface area contributed by atoms with Crippen LogP contribution in [0.5, 0.6) is 0 Å². The molecule has 256 valence electrons. The number of oxime groups is 2. The van der Waals surface area contributed by atoms with Gasteiger partial charge < -0.3 is 9.68 Å². The van der Waals surface area contributed by atoms with E-state index in [0.717, 1.165) is 55.6 Å². The zero-order valence-corrected chi connectivity index (χ0v) is 29.2. The summed E-state index contributed by atoms with van der Waals surface area (Å²) in [5, 5.41) is 8.41. The third-order valence-electron chi connectivity index (χ3n) is 10.3. The molecule has 10 nitrogen and oxygen atoms in total. The van der Waals surface area contributed by atoms with Gasteiger partial charge >= 0.3 is 0 Å². The lowest BCUT2D eigenvalue weighted by molar-refractivity contribution is -0.127. The molecule has 4 aromatic rings. The predicted octanol–water partition coefficient (Wildman–Crippen LogP) is 5.71.